The number of halogens is 1. The minimum absolute atomic E-state index is 0.112. The molecular formula is C31H37FN8O5. The predicted octanol–water partition coefficient (Wildman–Crippen LogP) is 2.98. The van der Waals surface area contributed by atoms with Crippen molar-refractivity contribution >= 4 is 28.8 Å². The third-order valence-corrected chi connectivity index (χ3v) is 7.79. The number of nitrogens with one attached hydrogen (secondary N) is 1. The Bertz CT molecular complexity index is 1760. The normalized spacial score (nSPS) is 13.5. The summed E-state index contributed by atoms with van der Waals surface area (Å²) < 4.78 is 21.3. The Kier molecular flexibility index (Phi) is 10.1. The van der Waals surface area contributed by atoms with E-state index in [0.717, 1.165) is 18.9 Å². The van der Waals surface area contributed by atoms with Crippen LogP contribution >= 0.6 is 0 Å². The summed E-state index contributed by atoms with van der Waals surface area (Å²) in [6.45, 7) is 4.41. The van der Waals surface area contributed by atoms with Crippen LogP contribution in [0.15, 0.2) is 46.2 Å². The van der Waals surface area contributed by atoms with E-state index in [4.69, 9.17) is 4.74 Å². The number of nitrogens with zero attached hydrogens (tertiary/aromatic N) is 7. The van der Waals surface area contributed by atoms with Crippen LogP contribution < -0.4 is 16.1 Å². The number of anilines is 1. The second-order valence-corrected chi connectivity index (χ2v) is 10.9. The second kappa shape index (κ2) is 14.4. The third kappa shape index (κ3) is 7.00. The van der Waals surface area contributed by atoms with E-state index < -0.39 is 23.1 Å². The van der Waals surface area contributed by atoms with Crippen LogP contribution in [0.5, 0.6) is 0 Å². The van der Waals surface area contributed by atoms with Gasteiger partial charge in [0.1, 0.15) is 17.2 Å². The molecule has 45 heavy (non-hydrogen) atoms. The number of H-pyrrole nitrogens is 1. The molecule has 1 N–H and O–H groups in total. The molecule has 0 aromatic carbocycles. The first kappa shape index (κ1) is 31.7. The zero-order valence-electron chi connectivity index (χ0n) is 25.5. The van der Waals surface area contributed by atoms with Crippen LogP contribution in [0.3, 0.4) is 0 Å². The van der Waals surface area contributed by atoms with Gasteiger partial charge in [0.2, 0.25) is 11.9 Å². The van der Waals surface area contributed by atoms with Gasteiger partial charge in [0, 0.05) is 70.8 Å². The minimum Gasteiger partial charge on any atom is -0.385 e. The van der Waals surface area contributed by atoms with E-state index >= 15 is 0 Å². The van der Waals surface area contributed by atoms with Crippen LogP contribution in [0, 0.1) is 5.95 Å². The van der Waals surface area contributed by atoms with Gasteiger partial charge < -0.3 is 14.6 Å². The maximum Gasteiger partial charge on any atom is 0.332 e. The molecule has 2 amide bonds. The number of imidazole rings is 1. The number of rotatable bonds is 13. The number of pyridine rings is 2. The lowest BCUT2D eigenvalue weighted by Crippen LogP contribution is -2.40. The number of carbonyl (C=O) groups is 2. The van der Waals surface area contributed by atoms with Crippen molar-refractivity contribution in [3.05, 3.63) is 69.0 Å². The number of aromatic amines is 1. The number of piperidine rings is 1. The molecule has 238 valence electrons. The van der Waals surface area contributed by atoms with Gasteiger partial charge >= 0.3 is 5.69 Å². The molecule has 0 unspecified atom stereocenters. The number of methoxy groups -OCH3 is 1. The third-order valence-electron chi connectivity index (χ3n) is 7.79. The van der Waals surface area contributed by atoms with Crippen LogP contribution in [-0.2, 0) is 22.6 Å². The predicted molar refractivity (Wildman–Crippen MR) is 166 cm³/mol. The monoisotopic (exact) mass is 620 g/mol. The lowest BCUT2D eigenvalue weighted by molar-refractivity contribution is -0.133. The molecule has 5 heterocycles. The zero-order chi connectivity index (χ0) is 31.9. The van der Waals surface area contributed by atoms with Crippen molar-refractivity contribution in [3.63, 3.8) is 0 Å². The smallest absolute Gasteiger partial charge is 0.332 e. The van der Waals surface area contributed by atoms with Crippen molar-refractivity contribution in [2.75, 3.05) is 38.3 Å². The van der Waals surface area contributed by atoms with Crippen LogP contribution in [0.4, 0.5) is 10.2 Å². The highest BCUT2D eigenvalue weighted by atomic mass is 19.1. The number of aryl methyl sites for hydroxylation is 1. The van der Waals surface area contributed by atoms with Gasteiger partial charge in [0.05, 0.1) is 5.56 Å². The molecule has 5 rings (SSSR count). The first-order valence-electron chi connectivity index (χ1n) is 15.2. The summed E-state index contributed by atoms with van der Waals surface area (Å²) >= 11 is 0. The maximum atomic E-state index is 13.5. The van der Waals surface area contributed by atoms with E-state index in [9.17, 15) is 23.6 Å². The Balaban J connectivity index is 1.45. The van der Waals surface area contributed by atoms with Gasteiger partial charge in [-0.1, -0.05) is 6.92 Å². The number of likely N-dealkylation sites (tertiary alicyclic amines) is 1. The van der Waals surface area contributed by atoms with Crippen molar-refractivity contribution in [1.29, 1.82) is 0 Å². The second-order valence-electron chi connectivity index (χ2n) is 10.9. The average molecular weight is 621 g/mol. The van der Waals surface area contributed by atoms with E-state index in [0.29, 0.717) is 69.1 Å². The molecule has 13 nitrogen and oxygen atoms in total. The van der Waals surface area contributed by atoms with Crippen molar-refractivity contribution in [3.8, 4) is 11.4 Å². The van der Waals surface area contributed by atoms with E-state index in [1.807, 2.05) is 11.8 Å². The van der Waals surface area contributed by atoms with E-state index in [-0.39, 0.29) is 35.7 Å². The van der Waals surface area contributed by atoms with Crippen LogP contribution in [0.1, 0.15) is 55.8 Å². The fourth-order valence-electron chi connectivity index (χ4n) is 5.47. The Labute approximate surface area is 258 Å². The fraction of sp³-hybridized carbons (Fsp3) is 0.452. The molecule has 4 aromatic rings. The highest BCUT2D eigenvalue weighted by Gasteiger charge is 2.23. The van der Waals surface area contributed by atoms with Crippen molar-refractivity contribution in [2.24, 2.45) is 0 Å². The largest absolute Gasteiger partial charge is 0.385 e. The number of hydrogen-bond donors (Lipinski definition) is 1. The Morgan fingerprint density at radius 1 is 1.02 bits per heavy atom. The molecule has 0 aliphatic carbocycles. The van der Waals surface area contributed by atoms with Crippen LogP contribution in [0.2, 0.25) is 0 Å². The Morgan fingerprint density at radius 2 is 1.87 bits per heavy atom. The molecule has 0 spiro atoms. The number of ether oxygens (including phenoxy) is 1. The summed E-state index contributed by atoms with van der Waals surface area (Å²) in [4.78, 5) is 71.3. The SMILES string of the molecule is CCCn1c(=O)c2[nH]c(-c3ccc(N(CCCN4CCCCC4=O)C(=O)c4ccc(F)nc4)nc3)nc2n(CCCOC)c1=O. The fourth-order valence-corrected chi connectivity index (χ4v) is 5.47. The van der Waals surface area contributed by atoms with Crippen molar-refractivity contribution < 1.29 is 18.7 Å². The molecule has 0 bridgehead atoms. The number of fused-ring (bicyclic) bond motifs is 1. The Morgan fingerprint density at radius 3 is 2.56 bits per heavy atom. The first-order chi connectivity index (χ1) is 21.8. The average Bonchev–Trinajstić information content (AvgIpc) is 3.50. The molecule has 1 aliphatic rings. The standard InChI is InChI=1S/C31H37FN8O5/c1-3-13-40-30(43)26-28(39(31(40)44)17-7-18-45-2)36-27(35-26)21-10-12-24(34-19-21)38(29(42)22-9-11-23(32)33-20-22)16-6-15-37-14-5-4-8-25(37)41/h9-12,19-20H,3-8,13-18H2,1-2H3,(H,35,36). The van der Waals surface area contributed by atoms with Gasteiger partial charge in [-0.2, -0.15) is 4.39 Å². The van der Waals surface area contributed by atoms with Crippen LogP contribution in [0.25, 0.3) is 22.6 Å². The number of aromatic nitrogens is 6. The summed E-state index contributed by atoms with van der Waals surface area (Å²) in [6.07, 6.45) is 6.78. The van der Waals surface area contributed by atoms with E-state index in [1.54, 1.807) is 19.2 Å². The zero-order valence-corrected chi connectivity index (χ0v) is 25.5. The van der Waals surface area contributed by atoms with Gasteiger partial charge in [-0.05, 0) is 56.4 Å². The number of carbonyl (C=O) groups excluding carboxylic acids is 2. The summed E-state index contributed by atoms with van der Waals surface area (Å²) in [6, 6.07) is 5.87. The first-order valence-corrected chi connectivity index (χ1v) is 15.2. The lowest BCUT2D eigenvalue weighted by atomic mass is 10.1. The molecule has 0 atom stereocenters. The van der Waals surface area contributed by atoms with Gasteiger partial charge in [-0.3, -0.25) is 28.4 Å². The summed E-state index contributed by atoms with van der Waals surface area (Å²) in [5.74, 6) is -0.301. The molecule has 14 heteroatoms. The Hall–Kier alpha value is -4.72. The van der Waals surface area contributed by atoms with Gasteiger partial charge in [0.15, 0.2) is 5.65 Å². The highest BCUT2D eigenvalue weighted by Crippen LogP contribution is 2.22. The van der Waals surface area contributed by atoms with Gasteiger partial charge in [-0.25, -0.2) is 19.7 Å². The summed E-state index contributed by atoms with van der Waals surface area (Å²) in [5, 5.41) is 0. The lowest BCUT2D eigenvalue weighted by Gasteiger charge is -2.28. The molecular weight excluding hydrogens is 583 g/mol. The van der Waals surface area contributed by atoms with Gasteiger partial charge in [-0.15, -0.1) is 0 Å². The molecule has 1 saturated heterocycles. The summed E-state index contributed by atoms with van der Waals surface area (Å²) in [5.41, 5.74) is 0.339. The van der Waals surface area contributed by atoms with E-state index in [1.165, 1.54) is 32.5 Å². The van der Waals surface area contributed by atoms with Crippen molar-refractivity contribution in [1.82, 2.24) is 34.0 Å². The molecule has 0 saturated carbocycles. The van der Waals surface area contributed by atoms with Crippen molar-refractivity contribution in [2.45, 2.75) is 58.5 Å². The highest BCUT2D eigenvalue weighted by molar-refractivity contribution is 6.05. The molecule has 4 aromatic heterocycles. The molecule has 1 aliphatic heterocycles. The van der Waals surface area contributed by atoms with Crippen LogP contribution in [-0.4, -0.2) is 79.1 Å². The van der Waals surface area contributed by atoms with Gasteiger partial charge in [0.25, 0.3) is 11.5 Å². The number of amides is 2. The topological polar surface area (TPSA) is 148 Å². The molecule has 1 fully saturated rings. The minimum atomic E-state index is -0.694. The summed E-state index contributed by atoms with van der Waals surface area (Å²) in [7, 11) is 1.58. The quantitative estimate of drug-likeness (QED) is 0.177. The van der Waals surface area contributed by atoms with E-state index in [2.05, 4.69) is 19.9 Å². The molecule has 0 radical (unpaired) electrons. The number of hydrogen-bond acceptors (Lipinski definition) is 8. The maximum absolute atomic E-state index is 13.5.